The van der Waals surface area contributed by atoms with Crippen LogP contribution in [0.15, 0.2) is 227 Å². The fraction of sp³-hybridized carbons (Fsp3) is 0. The van der Waals surface area contributed by atoms with Gasteiger partial charge in [-0.3, -0.25) is 4.57 Å². The summed E-state index contributed by atoms with van der Waals surface area (Å²) >= 11 is 0. The van der Waals surface area contributed by atoms with Gasteiger partial charge >= 0.3 is 0 Å². The van der Waals surface area contributed by atoms with Gasteiger partial charge in [-0.05, 0) is 107 Å². The molecule has 5 heterocycles. The molecule has 316 valence electrons. The molecule has 0 atom stereocenters. The Morgan fingerprint density at radius 1 is 0.309 bits per heavy atom. The first-order chi connectivity index (χ1) is 33.7. The molecule has 0 unspecified atom stereocenters. The highest BCUT2D eigenvalue weighted by Gasteiger charge is 2.22. The van der Waals surface area contributed by atoms with Crippen molar-refractivity contribution in [2.45, 2.75) is 0 Å². The molecule has 0 aliphatic heterocycles. The van der Waals surface area contributed by atoms with Gasteiger partial charge < -0.3 is 13.4 Å². The van der Waals surface area contributed by atoms with E-state index in [1.165, 1.54) is 21.8 Å². The van der Waals surface area contributed by atoms with Gasteiger partial charge in [0.2, 0.25) is 5.95 Å². The van der Waals surface area contributed by atoms with E-state index in [0.717, 1.165) is 116 Å². The van der Waals surface area contributed by atoms with Gasteiger partial charge in [-0.25, -0.2) is 9.97 Å². The van der Waals surface area contributed by atoms with Crippen molar-refractivity contribution in [3.05, 3.63) is 218 Å². The number of fused-ring (bicyclic) bond motifs is 13. The van der Waals surface area contributed by atoms with Gasteiger partial charge in [0.15, 0.2) is 0 Å². The predicted octanol–water partition coefficient (Wildman–Crippen LogP) is 16.6. The zero-order valence-corrected chi connectivity index (χ0v) is 36.4. The highest BCUT2D eigenvalue weighted by Crippen LogP contribution is 2.43. The summed E-state index contributed by atoms with van der Waals surface area (Å²) in [5.74, 6) is 0.615. The minimum Gasteiger partial charge on any atom is -0.456 e. The normalized spacial score (nSPS) is 12.1. The topological polar surface area (TPSA) is 61.9 Å². The van der Waals surface area contributed by atoms with Crippen molar-refractivity contribution >= 4 is 98.4 Å². The van der Waals surface area contributed by atoms with Crippen LogP contribution in [0.3, 0.4) is 0 Å². The Kier molecular flexibility index (Phi) is 7.69. The molecule has 0 N–H and O–H groups in total. The van der Waals surface area contributed by atoms with E-state index in [9.17, 15) is 0 Å². The third-order valence-electron chi connectivity index (χ3n) is 13.9. The maximum Gasteiger partial charge on any atom is 0.235 e. The molecule has 15 aromatic rings. The largest absolute Gasteiger partial charge is 0.456 e. The number of hydrogen-bond donors (Lipinski definition) is 0. The minimum absolute atomic E-state index is 0.615. The van der Waals surface area contributed by atoms with E-state index >= 15 is 0 Å². The zero-order valence-electron chi connectivity index (χ0n) is 36.4. The van der Waals surface area contributed by atoms with Crippen molar-refractivity contribution in [2.24, 2.45) is 0 Å². The van der Waals surface area contributed by atoms with Gasteiger partial charge in [-0.1, -0.05) is 133 Å². The van der Waals surface area contributed by atoms with E-state index in [-0.39, 0.29) is 0 Å². The summed E-state index contributed by atoms with van der Waals surface area (Å²) in [6, 6.07) is 77.2. The Bertz CT molecular complexity index is 4560. The first-order valence-electron chi connectivity index (χ1n) is 23.0. The molecular formula is C62H36N4O2. The quantitative estimate of drug-likeness (QED) is 0.173. The SMILES string of the molecule is c1ccc(-c2nc(-n3c4ccc(-c5ccc6oc7cccc(-c8ccc9c(c8)c8ccccc8n9-c8ccccc8)c7c6c5)cc4c4cc5oc6ccccc6c5cc43)nc3ccccc23)cc1. The zero-order chi connectivity index (χ0) is 44.5. The van der Waals surface area contributed by atoms with Crippen molar-refractivity contribution in [2.75, 3.05) is 0 Å². The van der Waals surface area contributed by atoms with Crippen LogP contribution in [0.5, 0.6) is 0 Å². The lowest BCUT2D eigenvalue weighted by atomic mass is 9.96. The maximum atomic E-state index is 6.61. The molecule has 0 amide bonds. The van der Waals surface area contributed by atoms with Gasteiger partial charge in [0.05, 0.1) is 33.3 Å². The van der Waals surface area contributed by atoms with Gasteiger partial charge in [-0.15, -0.1) is 0 Å². The summed E-state index contributed by atoms with van der Waals surface area (Å²) in [5, 5.41) is 9.89. The van der Waals surface area contributed by atoms with Crippen molar-refractivity contribution in [3.63, 3.8) is 0 Å². The average molecular weight is 869 g/mol. The van der Waals surface area contributed by atoms with Gasteiger partial charge in [0, 0.05) is 59.7 Å². The van der Waals surface area contributed by atoms with E-state index in [2.05, 4.69) is 203 Å². The van der Waals surface area contributed by atoms with Crippen molar-refractivity contribution in [3.8, 4) is 45.1 Å². The molecule has 6 heteroatoms. The molecule has 0 fully saturated rings. The molecule has 5 aromatic heterocycles. The number of para-hydroxylation sites is 4. The molecule has 0 spiro atoms. The molecule has 6 nitrogen and oxygen atoms in total. The van der Waals surface area contributed by atoms with Crippen LogP contribution in [-0.4, -0.2) is 19.1 Å². The van der Waals surface area contributed by atoms with Gasteiger partial charge in [0.1, 0.15) is 22.3 Å². The molecule has 0 aliphatic carbocycles. The van der Waals surface area contributed by atoms with E-state index in [1.807, 2.05) is 24.3 Å². The highest BCUT2D eigenvalue weighted by atomic mass is 16.3. The van der Waals surface area contributed by atoms with Gasteiger partial charge in [-0.2, -0.15) is 0 Å². The first-order valence-corrected chi connectivity index (χ1v) is 23.0. The Labute approximate surface area is 388 Å². The number of rotatable bonds is 5. The van der Waals surface area contributed by atoms with E-state index in [4.69, 9.17) is 18.8 Å². The maximum absolute atomic E-state index is 6.61. The Hall–Kier alpha value is -9.26. The smallest absolute Gasteiger partial charge is 0.235 e. The Morgan fingerprint density at radius 3 is 1.78 bits per heavy atom. The van der Waals surface area contributed by atoms with E-state index < -0.39 is 0 Å². The predicted molar refractivity (Wildman–Crippen MR) is 279 cm³/mol. The molecule has 0 radical (unpaired) electrons. The second-order valence-corrected chi connectivity index (χ2v) is 17.7. The molecule has 0 saturated carbocycles. The van der Waals surface area contributed by atoms with Crippen molar-refractivity contribution in [1.82, 2.24) is 19.1 Å². The molecule has 0 saturated heterocycles. The Morgan fingerprint density at radius 2 is 0.912 bits per heavy atom. The van der Waals surface area contributed by atoms with Crippen LogP contribution in [0, 0.1) is 0 Å². The number of furan rings is 2. The van der Waals surface area contributed by atoms with Crippen molar-refractivity contribution < 1.29 is 8.83 Å². The highest BCUT2D eigenvalue weighted by molar-refractivity contribution is 6.19. The van der Waals surface area contributed by atoms with Crippen LogP contribution in [-0.2, 0) is 0 Å². The molecule has 10 aromatic carbocycles. The van der Waals surface area contributed by atoms with Crippen LogP contribution in [0.2, 0.25) is 0 Å². The van der Waals surface area contributed by atoms with Gasteiger partial charge in [0.25, 0.3) is 0 Å². The molecule has 0 bridgehead atoms. The van der Waals surface area contributed by atoms with Crippen LogP contribution in [0.25, 0.3) is 144 Å². The summed E-state index contributed by atoms with van der Waals surface area (Å²) in [6.45, 7) is 0. The monoisotopic (exact) mass is 868 g/mol. The van der Waals surface area contributed by atoms with E-state index in [1.54, 1.807) is 0 Å². The number of hydrogen-bond acceptors (Lipinski definition) is 4. The van der Waals surface area contributed by atoms with Crippen LogP contribution in [0.4, 0.5) is 0 Å². The van der Waals surface area contributed by atoms with Crippen molar-refractivity contribution in [1.29, 1.82) is 0 Å². The summed E-state index contributed by atoms with van der Waals surface area (Å²) in [7, 11) is 0. The second-order valence-electron chi connectivity index (χ2n) is 17.7. The van der Waals surface area contributed by atoms with Crippen LogP contribution < -0.4 is 0 Å². The first kappa shape index (κ1) is 37.0. The third-order valence-corrected chi connectivity index (χ3v) is 13.9. The average Bonchev–Trinajstić information content (AvgIpc) is 4.15. The molecule has 15 rings (SSSR count). The molecular weight excluding hydrogens is 833 g/mol. The number of aromatic nitrogens is 4. The molecule has 0 aliphatic rings. The minimum atomic E-state index is 0.615. The lowest BCUT2D eigenvalue weighted by molar-refractivity contribution is 0.669. The lowest BCUT2D eigenvalue weighted by Crippen LogP contribution is -2.03. The fourth-order valence-electron chi connectivity index (χ4n) is 10.9. The summed E-state index contributed by atoms with van der Waals surface area (Å²) < 4.78 is 17.7. The summed E-state index contributed by atoms with van der Waals surface area (Å²) in [6.07, 6.45) is 0. The summed E-state index contributed by atoms with van der Waals surface area (Å²) in [5.41, 5.74) is 16.2. The number of benzene rings is 10. The molecule has 68 heavy (non-hydrogen) atoms. The second kappa shape index (κ2) is 14.1. The lowest BCUT2D eigenvalue weighted by Gasteiger charge is -2.12. The Balaban J connectivity index is 0.931. The number of nitrogens with zero attached hydrogens (tertiary/aromatic N) is 4. The summed E-state index contributed by atoms with van der Waals surface area (Å²) in [4.78, 5) is 10.6. The van der Waals surface area contributed by atoms with Crippen LogP contribution in [0.1, 0.15) is 0 Å². The standard InChI is InChI=1S/C62H36N4O2/c1-3-14-37(15-4-1)61-45-20-7-10-22-51(45)63-62(64-61)66-54-29-26-38(32-47(54)48-36-59-49(35-55(48)66)44-19-9-12-24-56(44)68-59)39-28-31-57-50(33-39)60-42(21-13-25-58(60)67-57)40-27-30-53-46(34-40)43-18-8-11-23-52(43)65(53)41-16-5-2-6-17-41/h1-36H. The van der Waals surface area contributed by atoms with Crippen LogP contribution >= 0.6 is 0 Å². The van der Waals surface area contributed by atoms with E-state index in [0.29, 0.717) is 5.95 Å². The third kappa shape index (κ3) is 5.40. The fourth-order valence-corrected chi connectivity index (χ4v) is 10.9.